The third-order valence-electron chi connectivity index (χ3n) is 5.68. The molecule has 18 heavy (non-hydrogen) atoms. The van der Waals surface area contributed by atoms with Crippen LogP contribution in [-0.2, 0) is 9.59 Å². The summed E-state index contributed by atoms with van der Waals surface area (Å²) >= 11 is 0. The molecular weight excluding hydrogens is 228 g/mol. The van der Waals surface area contributed by atoms with Crippen molar-refractivity contribution in [3.8, 4) is 0 Å². The van der Waals surface area contributed by atoms with Crippen molar-refractivity contribution < 1.29 is 14.7 Å². The van der Waals surface area contributed by atoms with E-state index in [0.717, 1.165) is 18.4 Å². The van der Waals surface area contributed by atoms with Gasteiger partial charge in [0.15, 0.2) is 5.78 Å². The van der Waals surface area contributed by atoms with Crippen LogP contribution in [0, 0.1) is 29.1 Å². The lowest BCUT2D eigenvalue weighted by atomic mass is 9.84. The number of Topliss-reactive ketones (excluding diaryl/α,β-unsaturated/α-hetero) is 1. The van der Waals surface area contributed by atoms with E-state index in [4.69, 9.17) is 0 Å². The van der Waals surface area contributed by atoms with E-state index in [2.05, 4.69) is 13.8 Å². The fourth-order valence-corrected chi connectivity index (χ4v) is 4.60. The van der Waals surface area contributed by atoms with Gasteiger partial charge in [0.25, 0.3) is 0 Å². The smallest absolute Gasteiger partial charge is 0.309 e. The van der Waals surface area contributed by atoms with Crippen molar-refractivity contribution in [2.45, 2.75) is 40.0 Å². The second-order valence-electron chi connectivity index (χ2n) is 6.58. The summed E-state index contributed by atoms with van der Waals surface area (Å²) in [5.41, 5.74) is 1.62. The maximum Gasteiger partial charge on any atom is 0.309 e. The van der Waals surface area contributed by atoms with Crippen LogP contribution in [0.5, 0.6) is 0 Å². The molecule has 0 bridgehead atoms. The molecule has 0 unspecified atom stereocenters. The third-order valence-corrected chi connectivity index (χ3v) is 5.68. The number of rotatable bonds is 1. The number of carboxylic acids is 1. The Bertz CT molecular complexity index is 476. The minimum Gasteiger partial charge on any atom is -0.481 e. The molecule has 1 N–H and O–H groups in total. The van der Waals surface area contributed by atoms with Gasteiger partial charge in [0, 0.05) is 6.42 Å². The van der Waals surface area contributed by atoms with Gasteiger partial charge in [-0.1, -0.05) is 12.5 Å². The molecule has 3 aliphatic carbocycles. The summed E-state index contributed by atoms with van der Waals surface area (Å²) in [5, 5.41) is 9.47. The van der Waals surface area contributed by atoms with E-state index in [0.29, 0.717) is 12.3 Å². The van der Waals surface area contributed by atoms with E-state index < -0.39 is 11.4 Å². The molecule has 3 nitrogen and oxygen atoms in total. The summed E-state index contributed by atoms with van der Waals surface area (Å²) in [6, 6.07) is 0. The standard InChI is InChI=1S/C15H20O3/c1-7-4-5-9-13(15(9,3)14(17)18)12-8(2)6-10(16)11(7)12/h8-9,12-13H,4-6H2,1-3H3,(H,17,18)/t8-,9-,12-,13-,15+/m1/s1. The van der Waals surface area contributed by atoms with Crippen molar-refractivity contribution in [2.24, 2.45) is 29.1 Å². The normalized spacial score (nSPS) is 46.5. The molecule has 0 amide bonds. The Morgan fingerprint density at radius 1 is 1.44 bits per heavy atom. The predicted molar refractivity (Wildman–Crippen MR) is 66.9 cm³/mol. The summed E-state index contributed by atoms with van der Waals surface area (Å²) in [4.78, 5) is 23.6. The molecule has 0 spiro atoms. The molecule has 3 rings (SSSR count). The number of aliphatic carboxylic acids is 1. The lowest BCUT2D eigenvalue weighted by molar-refractivity contribution is -0.144. The van der Waals surface area contributed by atoms with Gasteiger partial charge in [-0.05, 0) is 55.9 Å². The van der Waals surface area contributed by atoms with Gasteiger partial charge in [0.1, 0.15) is 0 Å². The van der Waals surface area contributed by atoms with E-state index in [1.165, 1.54) is 5.57 Å². The summed E-state index contributed by atoms with van der Waals surface area (Å²) < 4.78 is 0. The number of carbonyl (C=O) groups excluding carboxylic acids is 1. The van der Waals surface area contributed by atoms with Gasteiger partial charge in [0.2, 0.25) is 0 Å². The Morgan fingerprint density at radius 2 is 2.11 bits per heavy atom. The van der Waals surface area contributed by atoms with Crippen molar-refractivity contribution >= 4 is 11.8 Å². The summed E-state index contributed by atoms with van der Waals surface area (Å²) in [6.45, 7) is 6.03. The molecule has 0 aromatic rings. The number of ketones is 1. The van der Waals surface area contributed by atoms with Crippen LogP contribution in [0.2, 0.25) is 0 Å². The van der Waals surface area contributed by atoms with Crippen LogP contribution in [0.3, 0.4) is 0 Å². The number of hydrogen-bond donors (Lipinski definition) is 1. The summed E-state index contributed by atoms with van der Waals surface area (Å²) in [7, 11) is 0. The van der Waals surface area contributed by atoms with Crippen LogP contribution in [0.4, 0.5) is 0 Å². The number of fused-ring (bicyclic) bond motifs is 3. The molecular formula is C15H20O3. The zero-order chi connectivity index (χ0) is 13.2. The molecule has 3 heteroatoms. The van der Waals surface area contributed by atoms with Crippen molar-refractivity contribution in [3.05, 3.63) is 11.1 Å². The average Bonchev–Trinajstić information content (AvgIpc) is 2.82. The van der Waals surface area contributed by atoms with Gasteiger partial charge in [-0.2, -0.15) is 0 Å². The van der Waals surface area contributed by atoms with E-state index in [-0.39, 0.29) is 23.5 Å². The maximum atomic E-state index is 12.1. The molecule has 0 aliphatic heterocycles. The Morgan fingerprint density at radius 3 is 2.72 bits per heavy atom. The van der Waals surface area contributed by atoms with E-state index in [1.54, 1.807) is 0 Å². The first-order valence-electron chi connectivity index (χ1n) is 6.85. The maximum absolute atomic E-state index is 12.1. The third kappa shape index (κ3) is 1.25. The van der Waals surface area contributed by atoms with Crippen LogP contribution in [0.15, 0.2) is 11.1 Å². The Kier molecular flexibility index (Phi) is 2.30. The van der Waals surface area contributed by atoms with Crippen molar-refractivity contribution in [1.82, 2.24) is 0 Å². The van der Waals surface area contributed by atoms with Crippen molar-refractivity contribution in [3.63, 3.8) is 0 Å². The molecule has 98 valence electrons. The lowest BCUT2D eigenvalue weighted by Gasteiger charge is -2.19. The van der Waals surface area contributed by atoms with Gasteiger partial charge in [-0.25, -0.2) is 0 Å². The summed E-state index contributed by atoms with van der Waals surface area (Å²) in [6.07, 6.45) is 2.43. The minimum absolute atomic E-state index is 0.184. The van der Waals surface area contributed by atoms with Crippen LogP contribution >= 0.6 is 0 Å². The number of allylic oxidation sites excluding steroid dienone is 2. The van der Waals surface area contributed by atoms with Crippen LogP contribution in [0.25, 0.3) is 0 Å². The molecule has 5 atom stereocenters. The van der Waals surface area contributed by atoms with Gasteiger partial charge in [0.05, 0.1) is 5.41 Å². The van der Waals surface area contributed by atoms with Crippen LogP contribution in [0.1, 0.15) is 40.0 Å². The molecule has 0 radical (unpaired) electrons. The Hall–Kier alpha value is -1.12. The number of carbonyl (C=O) groups is 2. The summed E-state index contributed by atoms with van der Waals surface area (Å²) in [5.74, 6) is 0.554. The zero-order valence-corrected chi connectivity index (χ0v) is 11.2. The highest BCUT2D eigenvalue weighted by Gasteiger charge is 2.71. The first kappa shape index (κ1) is 11.9. The topological polar surface area (TPSA) is 54.4 Å². The van der Waals surface area contributed by atoms with E-state index in [1.807, 2.05) is 6.92 Å². The molecule has 0 saturated heterocycles. The predicted octanol–water partition coefficient (Wildman–Crippen LogP) is 2.66. The molecule has 3 aliphatic rings. The van der Waals surface area contributed by atoms with Gasteiger partial charge >= 0.3 is 5.97 Å². The van der Waals surface area contributed by atoms with Crippen LogP contribution < -0.4 is 0 Å². The zero-order valence-electron chi connectivity index (χ0n) is 11.2. The molecule has 2 saturated carbocycles. The average molecular weight is 248 g/mol. The second kappa shape index (κ2) is 3.46. The Balaban J connectivity index is 2.05. The van der Waals surface area contributed by atoms with Gasteiger partial charge in [-0.15, -0.1) is 0 Å². The molecule has 0 heterocycles. The van der Waals surface area contributed by atoms with E-state index >= 15 is 0 Å². The van der Waals surface area contributed by atoms with Crippen LogP contribution in [-0.4, -0.2) is 16.9 Å². The lowest BCUT2D eigenvalue weighted by Crippen LogP contribution is -2.21. The monoisotopic (exact) mass is 248 g/mol. The SMILES string of the molecule is CC1=C2C(=O)C[C@@H](C)[C@H]2[C@H]2[C@@H](CC1)[C@]2(C)C(=O)O. The Labute approximate surface area is 107 Å². The number of hydrogen-bond acceptors (Lipinski definition) is 2. The van der Waals surface area contributed by atoms with Crippen molar-refractivity contribution in [2.75, 3.05) is 0 Å². The highest BCUT2D eigenvalue weighted by atomic mass is 16.4. The number of carboxylic acid groups (broad SMARTS) is 1. The highest BCUT2D eigenvalue weighted by molar-refractivity contribution is 5.99. The largest absolute Gasteiger partial charge is 0.481 e. The minimum atomic E-state index is -0.678. The fraction of sp³-hybridized carbons (Fsp3) is 0.733. The second-order valence-corrected chi connectivity index (χ2v) is 6.58. The fourth-order valence-electron chi connectivity index (χ4n) is 4.60. The quantitative estimate of drug-likeness (QED) is 0.776. The van der Waals surface area contributed by atoms with Crippen molar-refractivity contribution in [1.29, 1.82) is 0 Å². The molecule has 0 aromatic carbocycles. The molecule has 0 aromatic heterocycles. The van der Waals surface area contributed by atoms with Gasteiger partial charge < -0.3 is 5.11 Å². The molecule has 2 fully saturated rings. The van der Waals surface area contributed by atoms with Gasteiger partial charge in [-0.3, -0.25) is 9.59 Å². The first-order chi connectivity index (χ1) is 8.39. The first-order valence-corrected chi connectivity index (χ1v) is 6.85. The van der Waals surface area contributed by atoms with E-state index in [9.17, 15) is 14.7 Å². The highest BCUT2D eigenvalue weighted by Crippen LogP contribution is 2.69.